The molecule has 0 N–H and O–H groups in total. The summed E-state index contributed by atoms with van der Waals surface area (Å²) in [5.74, 6) is 0.0474. The molecule has 0 fully saturated rings. The fourth-order valence-corrected chi connectivity index (χ4v) is 2.53. The van der Waals surface area contributed by atoms with E-state index in [2.05, 4.69) is 0 Å². The summed E-state index contributed by atoms with van der Waals surface area (Å²) in [5, 5.41) is 0.650. The van der Waals surface area contributed by atoms with Crippen LogP contribution in [0, 0.1) is 5.82 Å². The highest BCUT2D eigenvalue weighted by Gasteiger charge is 2.07. The maximum absolute atomic E-state index is 13.4. The number of rotatable bonds is 5. The fraction of sp³-hybridized carbons (Fsp3) is 0.133. The van der Waals surface area contributed by atoms with E-state index in [-0.39, 0.29) is 17.4 Å². The second kappa shape index (κ2) is 6.73. The van der Waals surface area contributed by atoms with Crippen molar-refractivity contribution in [2.24, 2.45) is 0 Å². The van der Waals surface area contributed by atoms with E-state index in [0.29, 0.717) is 16.3 Å². The van der Waals surface area contributed by atoms with Gasteiger partial charge in [0.2, 0.25) is 0 Å². The number of Topliss-reactive ketones (excluding diaryl/α,β-unsaturated/α-hetero) is 1. The average Bonchev–Trinajstić information content (AvgIpc) is 2.40. The highest BCUT2D eigenvalue weighted by molar-refractivity contribution is 8.00. The van der Waals surface area contributed by atoms with Gasteiger partial charge in [0.25, 0.3) is 0 Å². The summed E-state index contributed by atoms with van der Waals surface area (Å²) in [4.78, 5) is 12.3. The van der Waals surface area contributed by atoms with Gasteiger partial charge in [-0.3, -0.25) is 4.79 Å². The van der Waals surface area contributed by atoms with Crippen molar-refractivity contribution in [1.29, 1.82) is 0 Å². The number of benzene rings is 2. The number of halogens is 2. The Balaban J connectivity index is 1.88. The maximum atomic E-state index is 13.4. The van der Waals surface area contributed by atoms with Crippen molar-refractivity contribution in [3.63, 3.8) is 0 Å². The molecule has 0 unspecified atom stereocenters. The lowest BCUT2D eigenvalue weighted by atomic mass is 10.1. The molecule has 0 aromatic heterocycles. The normalized spacial score (nSPS) is 10.4. The SMILES string of the molecule is O=C(CSc1ccccc1F)Cc1ccc(Cl)cc1. The fourth-order valence-electron chi connectivity index (χ4n) is 1.60. The van der Waals surface area contributed by atoms with E-state index in [4.69, 9.17) is 11.6 Å². The van der Waals surface area contributed by atoms with Crippen LogP contribution in [0.1, 0.15) is 5.56 Å². The zero-order valence-electron chi connectivity index (χ0n) is 10.1. The van der Waals surface area contributed by atoms with Crippen LogP contribution in [0.5, 0.6) is 0 Å². The van der Waals surface area contributed by atoms with Crippen LogP contribution in [0.2, 0.25) is 5.02 Å². The first-order valence-corrected chi connectivity index (χ1v) is 7.15. The van der Waals surface area contributed by atoms with E-state index >= 15 is 0 Å². The highest BCUT2D eigenvalue weighted by atomic mass is 35.5. The molecule has 0 radical (unpaired) electrons. The van der Waals surface area contributed by atoms with E-state index in [9.17, 15) is 9.18 Å². The number of ketones is 1. The molecule has 0 aliphatic heterocycles. The Kier molecular flexibility index (Phi) is 5.00. The summed E-state index contributed by atoms with van der Waals surface area (Å²) in [5.41, 5.74) is 0.920. The third-order valence-corrected chi connectivity index (χ3v) is 3.90. The lowest BCUT2D eigenvalue weighted by molar-refractivity contribution is -0.116. The second-order valence-electron chi connectivity index (χ2n) is 4.06. The highest BCUT2D eigenvalue weighted by Crippen LogP contribution is 2.21. The van der Waals surface area contributed by atoms with Crippen molar-refractivity contribution in [3.05, 3.63) is 64.9 Å². The van der Waals surface area contributed by atoms with Gasteiger partial charge in [-0.25, -0.2) is 4.39 Å². The Bertz CT molecular complexity index is 569. The summed E-state index contributed by atoms with van der Waals surface area (Å²) >= 11 is 7.00. The van der Waals surface area contributed by atoms with E-state index in [1.54, 1.807) is 30.3 Å². The molecule has 0 amide bonds. The quantitative estimate of drug-likeness (QED) is 0.761. The standard InChI is InChI=1S/C15H12ClFOS/c16-12-7-5-11(6-8-12)9-13(18)10-19-15-4-2-1-3-14(15)17/h1-8H,9-10H2. The van der Waals surface area contributed by atoms with Gasteiger partial charge in [0.15, 0.2) is 0 Å². The predicted molar refractivity (Wildman–Crippen MR) is 77.3 cm³/mol. The average molecular weight is 295 g/mol. The Morgan fingerprint density at radius 1 is 1.11 bits per heavy atom. The van der Waals surface area contributed by atoms with Gasteiger partial charge in [0.05, 0.1) is 5.75 Å². The molecule has 0 heterocycles. The summed E-state index contributed by atoms with van der Waals surface area (Å²) in [6, 6.07) is 13.6. The third kappa shape index (κ3) is 4.37. The monoisotopic (exact) mass is 294 g/mol. The summed E-state index contributed by atoms with van der Waals surface area (Å²) in [6.45, 7) is 0. The van der Waals surface area contributed by atoms with Crippen molar-refractivity contribution in [2.45, 2.75) is 11.3 Å². The molecule has 2 aromatic rings. The Labute approximate surface area is 120 Å². The lowest BCUT2D eigenvalue weighted by Gasteiger charge is -2.03. The molecule has 0 bridgehead atoms. The summed E-state index contributed by atoms with van der Waals surface area (Å²) in [7, 11) is 0. The maximum Gasteiger partial charge on any atom is 0.147 e. The molecule has 0 saturated heterocycles. The molecule has 0 atom stereocenters. The van der Waals surface area contributed by atoms with Crippen LogP contribution in [0.4, 0.5) is 4.39 Å². The van der Waals surface area contributed by atoms with Crippen molar-refractivity contribution < 1.29 is 9.18 Å². The van der Waals surface area contributed by atoms with Crippen LogP contribution >= 0.6 is 23.4 Å². The Morgan fingerprint density at radius 2 is 1.79 bits per heavy atom. The minimum Gasteiger partial charge on any atom is -0.298 e. The topological polar surface area (TPSA) is 17.1 Å². The van der Waals surface area contributed by atoms with Crippen LogP contribution in [0.15, 0.2) is 53.4 Å². The van der Waals surface area contributed by atoms with Crippen LogP contribution in [-0.4, -0.2) is 11.5 Å². The first kappa shape index (κ1) is 14.1. The van der Waals surface area contributed by atoms with Gasteiger partial charge in [0, 0.05) is 16.3 Å². The number of carbonyl (C=O) groups is 1. The number of hydrogen-bond acceptors (Lipinski definition) is 2. The minimum absolute atomic E-state index is 0.0653. The predicted octanol–water partition coefficient (Wildman–Crippen LogP) is 4.38. The van der Waals surface area contributed by atoms with Gasteiger partial charge in [-0.2, -0.15) is 0 Å². The summed E-state index contributed by atoms with van der Waals surface area (Å²) < 4.78 is 13.4. The molecule has 0 spiro atoms. The second-order valence-corrected chi connectivity index (χ2v) is 5.51. The number of hydrogen-bond donors (Lipinski definition) is 0. The first-order valence-electron chi connectivity index (χ1n) is 5.78. The summed E-state index contributed by atoms with van der Waals surface area (Å²) in [6.07, 6.45) is 0.346. The van der Waals surface area contributed by atoms with Crippen LogP contribution in [-0.2, 0) is 11.2 Å². The zero-order valence-corrected chi connectivity index (χ0v) is 11.7. The van der Waals surface area contributed by atoms with Gasteiger partial charge >= 0.3 is 0 Å². The molecule has 98 valence electrons. The lowest BCUT2D eigenvalue weighted by Crippen LogP contribution is -2.05. The zero-order chi connectivity index (χ0) is 13.7. The van der Waals surface area contributed by atoms with Crippen LogP contribution < -0.4 is 0 Å². The minimum atomic E-state index is -0.285. The molecule has 0 saturated carbocycles. The first-order chi connectivity index (χ1) is 9.15. The van der Waals surface area contributed by atoms with E-state index < -0.39 is 0 Å². The molecule has 2 rings (SSSR count). The van der Waals surface area contributed by atoms with Crippen LogP contribution in [0.25, 0.3) is 0 Å². The number of thioether (sulfide) groups is 1. The van der Waals surface area contributed by atoms with Crippen molar-refractivity contribution in [2.75, 3.05) is 5.75 Å². The van der Waals surface area contributed by atoms with Crippen molar-refractivity contribution in [3.8, 4) is 0 Å². The van der Waals surface area contributed by atoms with Crippen molar-refractivity contribution in [1.82, 2.24) is 0 Å². The molecular formula is C15H12ClFOS. The molecule has 0 aliphatic rings. The van der Waals surface area contributed by atoms with Gasteiger partial charge in [-0.05, 0) is 29.8 Å². The largest absolute Gasteiger partial charge is 0.298 e. The molecule has 19 heavy (non-hydrogen) atoms. The Hall–Kier alpha value is -1.32. The molecule has 4 heteroatoms. The van der Waals surface area contributed by atoms with Gasteiger partial charge in [0.1, 0.15) is 11.6 Å². The van der Waals surface area contributed by atoms with Gasteiger partial charge in [-0.15, -0.1) is 11.8 Å². The number of carbonyl (C=O) groups excluding carboxylic acids is 1. The van der Waals surface area contributed by atoms with E-state index in [0.717, 1.165) is 5.56 Å². The van der Waals surface area contributed by atoms with E-state index in [1.807, 2.05) is 12.1 Å². The Morgan fingerprint density at radius 3 is 2.47 bits per heavy atom. The smallest absolute Gasteiger partial charge is 0.147 e. The third-order valence-electron chi connectivity index (χ3n) is 2.54. The molecule has 2 aromatic carbocycles. The van der Waals surface area contributed by atoms with E-state index in [1.165, 1.54) is 17.8 Å². The molecular weight excluding hydrogens is 283 g/mol. The molecule has 1 nitrogen and oxygen atoms in total. The van der Waals surface area contributed by atoms with Crippen LogP contribution in [0.3, 0.4) is 0 Å². The van der Waals surface area contributed by atoms with Crippen molar-refractivity contribution >= 4 is 29.1 Å². The van der Waals surface area contributed by atoms with Gasteiger partial charge < -0.3 is 0 Å². The molecule has 0 aliphatic carbocycles. The van der Waals surface area contributed by atoms with Gasteiger partial charge in [-0.1, -0.05) is 35.9 Å².